The van der Waals surface area contributed by atoms with Crippen LogP contribution < -0.4 is 5.73 Å². The molecule has 0 aliphatic heterocycles. The fourth-order valence-electron chi connectivity index (χ4n) is 1.35. The lowest BCUT2D eigenvalue weighted by atomic mass is 10.3. The topological polar surface area (TPSA) is 63.4 Å². The minimum absolute atomic E-state index is 0.175. The summed E-state index contributed by atoms with van der Waals surface area (Å²) in [5, 5.41) is -0.603. The first kappa shape index (κ1) is 14.2. The molecule has 1 rings (SSSR count). The molecule has 2 N–H and O–H groups in total. The number of hydrogen-bond donors (Lipinski definition) is 1. The van der Waals surface area contributed by atoms with Crippen LogP contribution in [0.1, 0.15) is 6.92 Å². The molecule has 0 aromatic heterocycles. The summed E-state index contributed by atoms with van der Waals surface area (Å²) in [4.78, 5) is 13.6. The Morgan fingerprint density at radius 1 is 1.47 bits per heavy atom. The second-order valence-electron chi connectivity index (χ2n) is 3.85. The first-order valence-electron chi connectivity index (χ1n) is 5.01. The van der Waals surface area contributed by atoms with Gasteiger partial charge in [0.1, 0.15) is 5.25 Å². The molecular weight excluding hydrogens is 304 g/mol. The lowest BCUT2D eigenvalue weighted by molar-refractivity contribution is -0.127. The van der Waals surface area contributed by atoms with E-state index in [1.807, 2.05) is 0 Å². The third-order valence-electron chi connectivity index (χ3n) is 2.30. The Bertz CT molecular complexity index is 463. The van der Waals surface area contributed by atoms with Gasteiger partial charge in [0.2, 0.25) is 5.91 Å². The summed E-state index contributed by atoms with van der Waals surface area (Å²) in [6.45, 7) is 1.64. The van der Waals surface area contributed by atoms with Crippen molar-refractivity contribution in [2.24, 2.45) is 0 Å². The van der Waals surface area contributed by atoms with Gasteiger partial charge in [0.05, 0.1) is 15.7 Å². The van der Waals surface area contributed by atoms with Crippen LogP contribution >= 0.6 is 15.9 Å². The average Bonchev–Trinajstić information content (AvgIpc) is 2.26. The molecule has 0 aliphatic carbocycles. The van der Waals surface area contributed by atoms with E-state index in [0.29, 0.717) is 10.6 Å². The van der Waals surface area contributed by atoms with Crippen LogP contribution in [0.4, 0.5) is 5.69 Å². The van der Waals surface area contributed by atoms with Crippen LogP contribution in [0.3, 0.4) is 0 Å². The van der Waals surface area contributed by atoms with E-state index in [0.717, 1.165) is 4.47 Å². The second-order valence-corrected chi connectivity index (χ2v) is 6.51. The molecule has 0 spiro atoms. The van der Waals surface area contributed by atoms with E-state index in [1.165, 1.54) is 4.90 Å². The summed E-state index contributed by atoms with van der Waals surface area (Å²) in [7, 11) is 1.84. The van der Waals surface area contributed by atoms with Gasteiger partial charge in [-0.2, -0.15) is 0 Å². The Morgan fingerprint density at radius 3 is 2.53 bits per heavy atom. The lowest BCUT2D eigenvalue weighted by Gasteiger charge is -2.17. The predicted octanol–water partition coefficient (Wildman–Crippen LogP) is 1.62. The van der Waals surface area contributed by atoms with Crippen LogP contribution in [0.25, 0.3) is 0 Å². The molecule has 1 aromatic rings. The van der Waals surface area contributed by atoms with E-state index < -0.39 is 16.0 Å². The summed E-state index contributed by atoms with van der Waals surface area (Å²) in [6, 6.07) is 5.12. The van der Waals surface area contributed by atoms with Gasteiger partial charge in [-0.05, 0) is 25.1 Å². The summed E-state index contributed by atoms with van der Waals surface area (Å²) in [5.74, 6) is -0.175. The number of amides is 1. The Hall–Kier alpha value is -0.880. The Morgan fingerprint density at radius 2 is 2.06 bits per heavy atom. The number of nitrogens with zero attached hydrogens (tertiary/aromatic N) is 1. The van der Waals surface area contributed by atoms with Crippen molar-refractivity contribution in [1.29, 1.82) is 0 Å². The highest BCUT2D eigenvalue weighted by molar-refractivity contribution is 9.10. The van der Waals surface area contributed by atoms with Gasteiger partial charge in [-0.25, -0.2) is 0 Å². The van der Waals surface area contributed by atoms with E-state index in [1.54, 1.807) is 39.2 Å². The number of rotatable bonds is 3. The molecule has 0 aliphatic rings. The fourth-order valence-corrected chi connectivity index (χ4v) is 3.00. The molecular formula is C11H15BrN2O2S. The molecule has 0 saturated carbocycles. The molecule has 4 nitrogen and oxygen atoms in total. The first-order chi connectivity index (χ1) is 7.84. The standard InChI is InChI=1S/C11H15BrN2O2S/c1-7(11(15)14(2)3)17(16)10-5-4-8(12)6-9(10)13/h4-7H,13H2,1-3H3. The van der Waals surface area contributed by atoms with Crippen molar-refractivity contribution in [2.75, 3.05) is 19.8 Å². The van der Waals surface area contributed by atoms with E-state index in [2.05, 4.69) is 15.9 Å². The number of carbonyl (C=O) groups is 1. The SMILES string of the molecule is CC(C(=O)N(C)C)S(=O)c1ccc(Br)cc1N. The first-order valence-corrected chi connectivity index (χ1v) is 7.02. The fraction of sp³-hybridized carbons (Fsp3) is 0.364. The maximum absolute atomic E-state index is 12.2. The van der Waals surface area contributed by atoms with Crippen LogP contribution in [0.2, 0.25) is 0 Å². The number of halogens is 1. The minimum Gasteiger partial charge on any atom is -0.398 e. The molecule has 2 unspecified atom stereocenters. The molecule has 0 fully saturated rings. The zero-order valence-electron chi connectivity index (χ0n) is 9.94. The molecule has 2 atom stereocenters. The van der Waals surface area contributed by atoms with Gasteiger partial charge in [0, 0.05) is 24.3 Å². The van der Waals surface area contributed by atoms with Crippen molar-refractivity contribution in [3.05, 3.63) is 22.7 Å². The molecule has 1 aromatic carbocycles. The van der Waals surface area contributed by atoms with Gasteiger partial charge in [-0.3, -0.25) is 9.00 Å². The molecule has 1 amide bonds. The molecule has 17 heavy (non-hydrogen) atoms. The Labute approximate surface area is 112 Å². The van der Waals surface area contributed by atoms with E-state index >= 15 is 0 Å². The van der Waals surface area contributed by atoms with Gasteiger partial charge in [-0.15, -0.1) is 0 Å². The van der Waals surface area contributed by atoms with Crippen LogP contribution in [-0.4, -0.2) is 34.4 Å². The van der Waals surface area contributed by atoms with E-state index in [9.17, 15) is 9.00 Å². The zero-order chi connectivity index (χ0) is 13.2. The maximum atomic E-state index is 12.2. The number of carbonyl (C=O) groups excluding carboxylic acids is 1. The second kappa shape index (κ2) is 5.64. The van der Waals surface area contributed by atoms with Gasteiger partial charge in [0.25, 0.3) is 0 Å². The highest BCUT2D eigenvalue weighted by Crippen LogP contribution is 2.23. The quantitative estimate of drug-likeness (QED) is 0.861. The van der Waals surface area contributed by atoms with Gasteiger partial charge >= 0.3 is 0 Å². The predicted molar refractivity (Wildman–Crippen MR) is 73.1 cm³/mol. The van der Waals surface area contributed by atoms with Crippen molar-refractivity contribution >= 4 is 38.3 Å². The molecule has 6 heteroatoms. The largest absolute Gasteiger partial charge is 0.398 e. The smallest absolute Gasteiger partial charge is 0.237 e. The summed E-state index contributed by atoms with van der Waals surface area (Å²) < 4.78 is 13.0. The highest BCUT2D eigenvalue weighted by Gasteiger charge is 2.24. The molecule has 0 heterocycles. The minimum atomic E-state index is -1.44. The number of hydrogen-bond acceptors (Lipinski definition) is 3. The van der Waals surface area contributed by atoms with Crippen molar-refractivity contribution < 1.29 is 9.00 Å². The van der Waals surface area contributed by atoms with Crippen LogP contribution in [0, 0.1) is 0 Å². The maximum Gasteiger partial charge on any atom is 0.237 e. The van der Waals surface area contributed by atoms with Gasteiger partial charge in [0.15, 0.2) is 0 Å². The van der Waals surface area contributed by atoms with Crippen molar-refractivity contribution in [2.45, 2.75) is 17.1 Å². The molecule has 0 saturated heterocycles. The Kier molecular flexibility index (Phi) is 4.70. The van der Waals surface area contributed by atoms with E-state index in [-0.39, 0.29) is 5.91 Å². The number of nitrogens with two attached hydrogens (primary N) is 1. The summed E-state index contributed by atoms with van der Waals surface area (Å²) >= 11 is 3.28. The van der Waals surface area contributed by atoms with E-state index in [4.69, 9.17) is 5.73 Å². The Balaban J connectivity index is 3.01. The van der Waals surface area contributed by atoms with Crippen LogP contribution in [-0.2, 0) is 15.6 Å². The average molecular weight is 319 g/mol. The number of benzene rings is 1. The van der Waals surface area contributed by atoms with Crippen molar-refractivity contribution in [3.63, 3.8) is 0 Å². The molecule has 0 bridgehead atoms. The highest BCUT2D eigenvalue weighted by atomic mass is 79.9. The van der Waals surface area contributed by atoms with Crippen LogP contribution in [0.5, 0.6) is 0 Å². The van der Waals surface area contributed by atoms with Crippen molar-refractivity contribution in [1.82, 2.24) is 4.90 Å². The van der Waals surface area contributed by atoms with Crippen molar-refractivity contribution in [3.8, 4) is 0 Å². The third-order valence-corrected chi connectivity index (χ3v) is 4.44. The third kappa shape index (κ3) is 3.29. The van der Waals surface area contributed by atoms with Gasteiger partial charge in [-0.1, -0.05) is 15.9 Å². The normalized spacial score (nSPS) is 14.1. The lowest BCUT2D eigenvalue weighted by Crippen LogP contribution is -2.34. The summed E-state index contributed by atoms with van der Waals surface area (Å²) in [6.07, 6.45) is 0. The zero-order valence-corrected chi connectivity index (χ0v) is 12.3. The van der Waals surface area contributed by atoms with Gasteiger partial charge < -0.3 is 10.6 Å². The number of anilines is 1. The summed E-state index contributed by atoms with van der Waals surface area (Å²) in [5.41, 5.74) is 6.22. The number of nitrogen functional groups attached to an aromatic ring is 1. The molecule has 94 valence electrons. The molecule has 0 radical (unpaired) electrons. The van der Waals surface area contributed by atoms with Crippen LogP contribution in [0.15, 0.2) is 27.6 Å². The monoisotopic (exact) mass is 318 g/mol.